The summed E-state index contributed by atoms with van der Waals surface area (Å²) < 4.78 is 6.69. The van der Waals surface area contributed by atoms with Gasteiger partial charge in [-0.1, -0.05) is 140 Å². The van der Waals surface area contributed by atoms with Crippen LogP contribution in [0.5, 0.6) is 5.75 Å². The molecular formula is C35H25N3O. The van der Waals surface area contributed by atoms with Gasteiger partial charge in [-0.05, 0) is 22.3 Å². The van der Waals surface area contributed by atoms with Crippen LogP contribution in [0.25, 0.3) is 45.0 Å². The predicted molar refractivity (Wildman–Crippen MR) is 159 cm³/mol. The first-order valence-electron chi connectivity index (χ1n) is 13.0. The van der Waals surface area contributed by atoms with E-state index in [0.29, 0.717) is 5.75 Å². The Balaban J connectivity index is 1.31. The third-order valence-corrected chi connectivity index (χ3v) is 6.98. The third kappa shape index (κ3) is 4.38. The Morgan fingerprint density at radius 1 is 0.436 bits per heavy atom. The number of H-pyrrole nitrogens is 1. The summed E-state index contributed by atoms with van der Waals surface area (Å²) in [7, 11) is 0. The fourth-order valence-corrected chi connectivity index (χ4v) is 4.95. The lowest BCUT2D eigenvalue weighted by Crippen LogP contribution is -2.13. The predicted octanol–water partition coefficient (Wildman–Crippen LogP) is 8.74. The Morgan fingerprint density at radius 3 is 1.41 bits per heavy atom. The van der Waals surface area contributed by atoms with Crippen LogP contribution in [0, 0.1) is 0 Å². The lowest BCUT2D eigenvalue weighted by molar-refractivity contribution is 0.516. The van der Waals surface area contributed by atoms with Crippen LogP contribution in [0.4, 0.5) is 5.82 Å². The molecule has 0 radical (unpaired) electrons. The summed E-state index contributed by atoms with van der Waals surface area (Å²) in [4.78, 5) is 0. The fourth-order valence-electron chi connectivity index (χ4n) is 4.95. The number of benzene rings is 5. The van der Waals surface area contributed by atoms with Crippen molar-refractivity contribution in [1.82, 2.24) is 10.2 Å². The molecule has 2 heterocycles. The monoisotopic (exact) mass is 503 g/mol. The van der Waals surface area contributed by atoms with Gasteiger partial charge < -0.3 is 10.1 Å². The third-order valence-electron chi connectivity index (χ3n) is 6.98. The number of aromatic nitrogens is 2. The van der Waals surface area contributed by atoms with E-state index in [0.717, 1.165) is 45.2 Å². The summed E-state index contributed by atoms with van der Waals surface area (Å²) in [6, 6.07) is 47.9. The van der Waals surface area contributed by atoms with E-state index < -0.39 is 0 Å². The van der Waals surface area contributed by atoms with Crippen molar-refractivity contribution in [3.05, 3.63) is 151 Å². The molecule has 5 aromatic carbocycles. The highest BCUT2D eigenvalue weighted by atomic mass is 16.5. The Bertz CT molecular complexity index is 1750. The summed E-state index contributed by atoms with van der Waals surface area (Å²) in [6.45, 7) is 0. The zero-order chi connectivity index (χ0) is 26.0. The second-order valence-electron chi connectivity index (χ2n) is 9.46. The minimum atomic E-state index is 0.688. The molecule has 1 aromatic heterocycles. The zero-order valence-electron chi connectivity index (χ0n) is 21.1. The van der Waals surface area contributed by atoms with Gasteiger partial charge in [0.05, 0.1) is 5.70 Å². The Hall–Kier alpha value is -5.35. The molecule has 0 saturated heterocycles. The normalized spacial score (nSPS) is 12.4. The summed E-state index contributed by atoms with van der Waals surface area (Å²) in [5.41, 5.74) is 9.35. The lowest BCUT2D eigenvalue weighted by atomic mass is 9.99. The number of nitrogens with zero attached hydrogens (tertiary/aromatic N) is 1. The SMILES string of the molecule is c1ccc(-c2ccc(C3=C(c4ccc(-c5ccccc5)cc4)Oc4c(-c5ccccc5)n[nH]c4N3)cc2)cc1. The molecule has 0 bridgehead atoms. The first-order chi connectivity index (χ1) is 19.3. The van der Waals surface area contributed by atoms with Crippen molar-refractivity contribution < 1.29 is 4.74 Å². The molecule has 0 fully saturated rings. The molecule has 0 unspecified atom stereocenters. The van der Waals surface area contributed by atoms with E-state index in [4.69, 9.17) is 4.74 Å². The number of ether oxygens (including phenoxy) is 1. The Labute approximate surface area is 227 Å². The molecule has 186 valence electrons. The van der Waals surface area contributed by atoms with Crippen molar-refractivity contribution in [1.29, 1.82) is 0 Å². The summed E-state index contributed by atoms with van der Waals surface area (Å²) in [5.74, 6) is 2.18. The van der Waals surface area contributed by atoms with Gasteiger partial charge in [-0.2, -0.15) is 5.10 Å². The maximum Gasteiger partial charge on any atom is 0.197 e. The molecule has 0 amide bonds. The van der Waals surface area contributed by atoms with Crippen LogP contribution in [-0.4, -0.2) is 10.2 Å². The van der Waals surface area contributed by atoms with Gasteiger partial charge >= 0.3 is 0 Å². The van der Waals surface area contributed by atoms with Crippen molar-refractivity contribution in [2.75, 3.05) is 5.32 Å². The van der Waals surface area contributed by atoms with Gasteiger partial charge in [0.25, 0.3) is 0 Å². The van der Waals surface area contributed by atoms with Gasteiger partial charge in [-0.15, -0.1) is 0 Å². The molecule has 4 heteroatoms. The van der Waals surface area contributed by atoms with E-state index in [2.05, 4.69) is 113 Å². The van der Waals surface area contributed by atoms with Crippen molar-refractivity contribution >= 4 is 17.3 Å². The number of rotatable bonds is 5. The average molecular weight is 504 g/mol. The van der Waals surface area contributed by atoms with Gasteiger partial charge in [0.15, 0.2) is 17.3 Å². The molecule has 7 rings (SSSR count). The molecular weight excluding hydrogens is 478 g/mol. The minimum Gasteiger partial charge on any atom is -0.448 e. The Morgan fingerprint density at radius 2 is 0.872 bits per heavy atom. The van der Waals surface area contributed by atoms with Crippen LogP contribution in [0.1, 0.15) is 11.1 Å². The molecule has 1 aliphatic rings. The lowest BCUT2D eigenvalue weighted by Gasteiger charge is -2.24. The van der Waals surface area contributed by atoms with Gasteiger partial charge in [0.1, 0.15) is 5.69 Å². The fraction of sp³-hybridized carbons (Fsp3) is 0. The number of fused-ring (bicyclic) bond motifs is 1. The quantitative estimate of drug-likeness (QED) is 0.247. The summed E-state index contributed by atoms with van der Waals surface area (Å²) in [5, 5.41) is 11.3. The molecule has 4 nitrogen and oxygen atoms in total. The molecule has 2 N–H and O–H groups in total. The van der Waals surface area contributed by atoms with Crippen LogP contribution < -0.4 is 10.1 Å². The van der Waals surface area contributed by atoms with Crippen LogP contribution in [0.15, 0.2) is 140 Å². The van der Waals surface area contributed by atoms with Crippen molar-refractivity contribution in [2.24, 2.45) is 0 Å². The van der Waals surface area contributed by atoms with E-state index >= 15 is 0 Å². The van der Waals surface area contributed by atoms with Crippen molar-refractivity contribution in [2.45, 2.75) is 0 Å². The van der Waals surface area contributed by atoms with Gasteiger partial charge in [0, 0.05) is 16.7 Å². The van der Waals surface area contributed by atoms with Gasteiger partial charge in [0.2, 0.25) is 0 Å². The second kappa shape index (κ2) is 9.84. The van der Waals surface area contributed by atoms with E-state index in [1.165, 1.54) is 16.7 Å². The molecule has 6 aromatic rings. The minimum absolute atomic E-state index is 0.688. The van der Waals surface area contributed by atoms with Gasteiger partial charge in [-0.25, -0.2) is 0 Å². The zero-order valence-corrected chi connectivity index (χ0v) is 21.1. The smallest absolute Gasteiger partial charge is 0.197 e. The summed E-state index contributed by atoms with van der Waals surface area (Å²) in [6.07, 6.45) is 0. The molecule has 0 saturated carbocycles. The summed E-state index contributed by atoms with van der Waals surface area (Å²) >= 11 is 0. The number of anilines is 1. The molecule has 39 heavy (non-hydrogen) atoms. The van der Waals surface area contributed by atoms with Crippen LogP contribution in [-0.2, 0) is 0 Å². The largest absolute Gasteiger partial charge is 0.448 e. The van der Waals surface area contributed by atoms with Crippen molar-refractivity contribution in [3.63, 3.8) is 0 Å². The van der Waals surface area contributed by atoms with E-state index in [-0.39, 0.29) is 0 Å². The first-order valence-corrected chi connectivity index (χ1v) is 13.0. The number of aromatic amines is 1. The second-order valence-corrected chi connectivity index (χ2v) is 9.46. The number of nitrogens with one attached hydrogen (secondary N) is 2. The molecule has 0 spiro atoms. The Kier molecular flexibility index (Phi) is 5.76. The number of hydrogen-bond donors (Lipinski definition) is 2. The van der Waals surface area contributed by atoms with Crippen LogP contribution in [0.3, 0.4) is 0 Å². The van der Waals surface area contributed by atoms with E-state index in [1.54, 1.807) is 0 Å². The van der Waals surface area contributed by atoms with Crippen LogP contribution in [0.2, 0.25) is 0 Å². The maximum absolute atomic E-state index is 6.69. The highest BCUT2D eigenvalue weighted by Gasteiger charge is 2.27. The topological polar surface area (TPSA) is 49.9 Å². The van der Waals surface area contributed by atoms with Crippen molar-refractivity contribution in [3.8, 4) is 39.3 Å². The highest BCUT2D eigenvalue weighted by Crippen LogP contribution is 2.44. The van der Waals surface area contributed by atoms with E-state index in [1.807, 2.05) is 42.5 Å². The molecule has 1 aliphatic heterocycles. The van der Waals surface area contributed by atoms with Crippen LogP contribution >= 0.6 is 0 Å². The van der Waals surface area contributed by atoms with Gasteiger partial charge in [-0.3, -0.25) is 5.10 Å². The highest BCUT2D eigenvalue weighted by molar-refractivity contribution is 5.98. The maximum atomic E-state index is 6.69. The number of hydrogen-bond acceptors (Lipinski definition) is 3. The van der Waals surface area contributed by atoms with E-state index in [9.17, 15) is 0 Å². The molecule has 0 atom stereocenters. The standard InChI is InChI=1S/C35H25N3O/c1-4-10-24(11-5-1)26-16-20-29(21-17-26)31-33(30-22-18-27(19-23-30)25-12-6-2-7-13-25)39-34-32(37-38-35(34)36-31)28-14-8-3-9-15-28/h1-23H,(H2,36,37,38). The first kappa shape index (κ1) is 22.8. The molecule has 0 aliphatic carbocycles. The average Bonchev–Trinajstić information content (AvgIpc) is 3.45.